The van der Waals surface area contributed by atoms with Crippen molar-refractivity contribution >= 4 is 11.9 Å². The van der Waals surface area contributed by atoms with E-state index >= 15 is 0 Å². The second-order valence-electron chi connectivity index (χ2n) is 2.95. The molecule has 0 radical (unpaired) electrons. The Morgan fingerprint density at radius 3 is 2.67 bits per heavy atom. The van der Waals surface area contributed by atoms with Crippen molar-refractivity contribution in [2.24, 2.45) is 10.7 Å². The Morgan fingerprint density at radius 2 is 2.13 bits per heavy atom. The molecule has 15 heavy (non-hydrogen) atoms. The lowest BCUT2D eigenvalue weighted by Gasteiger charge is -2.09. The lowest BCUT2D eigenvalue weighted by molar-refractivity contribution is -0.123. The van der Waals surface area contributed by atoms with Crippen molar-refractivity contribution in [2.75, 3.05) is 0 Å². The van der Waals surface area contributed by atoms with Gasteiger partial charge in [0.2, 0.25) is 6.10 Å². The van der Waals surface area contributed by atoms with E-state index in [-0.39, 0.29) is 11.6 Å². The number of rotatable bonds is 1. The van der Waals surface area contributed by atoms with Crippen LogP contribution < -0.4 is 5.73 Å². The van der Waals surface area contributed by atoms with Gasteiger partial charge in [-0.3, -0.25) is 4.79 Å². The first-order valence-electron chi connectivity index (χ1n) is 4.07. The number of hydrogen-bond acceptors (Lipinski definition) is 3. The van der Waals surface area contributed by atoms with Crippen LogP contribution in [0, 0.1) is 11.6 Å². The fraction of sp³-hybridized carbons (Fsp3) is 0.111. The minimum absolute atomic E-state index is 0.0781. The van der Waals surface area contributed by atoms with Crippen LogP contribution in [0.25, 0.3) is 0 Å². The maximum absolute atomic E-state index is 13.2. The Labute approximate surface area is 83.4 Å². The first kappa shape index (κ1) is 9.57. The van der Waals surface area contributed by atoms with E-state index in [1.54, 1.807) is 0 Å². The van der Waals surface area contributed by atoms with Crippen LogP contribution in [-0.2, 0) is 9.53 Å². The van der Waals surface area contributed by atoms with Crippen molar-refractivity contribution in [1.82, 2.24) is 0 Å². The molecule has 1 aromatic carbocycles. The van der Waals surface area contributed by atoms with E-state index in [4.69, 9.17) is 10.5 Å². The highest BCUT2D eigenvalue weighted by atomic mass is 19.1. The van der Waals surface area contributed by atoms with Crippen LogP contribution >= 0.6 is 0 Å². The van der Waals surface area contributed by atoms with E-state index in [1.165, 1.54) is 0 Å². The van der Waals surface area contributed by atoms with Gasteiger partial charge in [-0.15, -0.1) is 0 Å². The minimum atomic E-state index is -1.20. The summed E-state index contributed by atoms with van der Waals surface area (Å²) in [5.74, 6) is -2.29. The largest absolute Gasteiger partial charge is 0.446 e. The van der Waals surface area contributed by atoms with Gasteiger partial charge in [-0.2, -0.15) is 4.99 Å². The molecule has 2 N–H and O–H groups in total. The summed E-state index contributed by atoms with van der Waals surface area (Å²) in [7, 11) is 0. The average Bonchev–Trinajstić information content (AvgIpc) is 2.45. The van der Waals surface area contributed by atoms with Gasteiger partial charge in [0.15, 0.2) is 0 Å². The lowest BCUT2D eigenvalue weighted by atomic mass is 10.1. The summed E-state index contributed by atoms with van der Waals surface area (Å²) in [4.78, 5) is 14.5. The van der Waals surface area contributed by atoms with Gasteiger partial charge in [0.05, 0.1) is 0 Å². The third-order valence-electron chi connectivity index (χ3n) is 1.93. The van der Waals surface area contributed by atoms with Gasteiger partial charge in [0.1, 0.15) is 11.6 Å². The Bertz CT molecular complexity index is 459. The molecule has 0 bridgehead atoms. The predicted octanol–water partition coefficient (Wildman–Crippen LogP) is 0.877. The quantitative estimate of drug-likeness (QED) is 0.751. The zero-order valence-corrected chi connectivity index (χ0v) is 7.41. The van der Waals surface area contributed by atoms with Crippen LogP contribution in [0.2, 0.25) is 0 Å². The lowest BCUT2D eigenvalue weighted by Crippen LogP contribution is -2.15. The Balaban J connectivity index is 2.36. The van der Waals surface area contributed by atoms with Crippen molar-refractivity contribution in [2.45, 2.75) is 6.10 Å². The summed E-state index contributed by atoms with van der Waals surface area (Å²) in [5, 5.41) is 0. The van der Waals surface area contributed by atoms with Crippen molar-refractivity contribution < 1.29 is 18.3 Å². The average molecular weight is 212 g/mol. The highest BCUT2D eigenvalue weighted by Gasteiger charge is 2.31. The molecule has 6 heteroatoms. The van der Waals surface area contributed by atoms with Crippen LogP contribution in [0.3, 0.4) is 0 Å². The Morgan fingerprint density at radius 1 is 1.40 bits per heavy atom. The second-order valence-corrected chi connectivity index (χ2v) is 2.95. The number of amidine groups is 1. The number of hydrogen-bond donors (Lipinski definition) is 1. The number of nitrogens with two attached hydrogens (primary N) is 1. The molecule has 0 spiro atoms. The number of amides is 1. The summed E-state index contributed by atoms with van der Waals surface area (Å²) in [6, 6.07) is 2.51. The van der Waals surface area contributed by atoms with E-state index in [1.807, 2.05) is 0 Å². The predicted molar refractivity (Wildman–Crippen MR) is 46.8 cm³/mol. The fourth-order valence-electron chi connectivity index (χ4n) is 1.28. The maximum atomic E-state index is 13.2. The number of carbonyl (C=O) groups is 1. The second kappa shape index (κ2) is 3.30. The minimum Gasteiger partial charge on any atom is -0.446 e. The van der Waals surface area contributed by atoms with Crippen molar-refractivity contribution in [3.8, 4) is 0 Å². The molecule has 1 heterocycles. The number of aliphatic imine (C=N–C) groups is 1. The molecule has 1 aliphatic rings. The van der Waals surface area contributed by atoms with Crippen LogP contribution in [0.15, 0.2) is 23.2 Å². The van der Waals surface area contributed by atoms with Crippen LogP contribution in [0.1, 0.15) is 11.7 Å². The van der Waals surface area contributed by atoms with Gasteiger partial charge in [-0.25, -0.2) is 8.78 Å². The molecular weight excluding hydrogens is 206 g/mol. The van der Waals surface area contributed by atoms with E-state index in [2.05, 4.69) is 4.99 Å². The summed E-state index contributed by atoms with van der Waals surface area (Å²) >= 11 is 0. The van der Waals surface area contributed by atoms with E-state index in [9.17, 15) is 13.6 Å². The highest BCUT2D eigenvalue weighted by Crippen LogP contribution is 2.25. The number of halogens is 2. The molecule has 1 aliphatic heterocycles. The smallest absolute Gasteiger partial charge is 0.296 e. The molecule has 1 unspecified atom stereocenters. The number of carbonyl (C=O) groups excluding carboxylic acids is 1. The molecule has 2 rings (SSSR count). The monoisotopic (exact) mass is 212 g/mol. The fourth-order valence-corrected chi connectivity index (χ4v) is 1.28. The van der Waals surface area contributed by atoms with Crippen LogP contribution in [-0.4, -0.2) is 11.9 Å². The van der Waals surface area contributed by atoms with E-state index in [0.29, 0.717) is 6.07 Å². The molecule has 78 valence electrons. The zero-order chi connectivity index (χ0) is 11.0. The SMILES string of the molecule is NC1=NC(=O)C(c2ccc(F)cc2F)O1. The maximum Gasteiger partial charge on any atom is 0.296 e. The Hall–Kier alpha value is -1.98. The molecule has 0 aromatic heterocycles. The van der Waals surface area contributed by atoms with Gasteiger partial charge in [-0.1, -0.05) is 0 Å². The van der Waals surface area contributed by atoms with Gasteiger partial charge in [-0.05, 0) is 12.1 Å². The normalized spacial score (nSPS) is 20.0. The molecule has 0 aliphatic carbocycles. The first-order valence-corrected chi connectivity index (χ1v) is 4.07. The molecule has 1 amide bonds. The van der Waals surface area contributed by atoms with E-state index in [0.717, 1.165) is 12.1 Å². The number of benzene rings is 1. The highest BCUT2D eigenvalue weighted by molar-refractivity contribution is 5.98. The van der Waals surface area contributed by atoms with Crippen molar-refractivity contribution in [3.63, 3.8) is 0 Å². The van der Waals surface area contributed by atoms with E-state index < -0.39 is 23.6 Å². The summed E-state index contributed by atoms with van der Waals surface area (Å²) < 4.78 is 30.6. The molecule has 1 aromatic rings. The molecule has 4 nitrogen and oxygen atoms in total. The van der Waals surface area contributed by atoms with Crippen LogP contribution in [0.5, 0.6) is 0 Å². The Kier molecular flexibility index (Phi) is 2.11. The van der Waals surface area contributed by atoms with Gasteiger partial charge < -0.3 is 10.5 Å². The standard InChI is InChI=1S/C9H6F2N2O2/c10-4-1-2-5(6(11)3-4)7-8(14)13-9(12)15-7/h1-3,7H,(H2,12,13,14). The molecule has 0 fully saturated rings. The third kappa shape index (κ3) is 1.65. The summed E-state index contributed by atoms with van der Waals surface area (Å²) in [5.41, 5.74) is 5.07. The summed E-state index contributed by atoms with van der Waals surface area (Å²) in [6.07, 6.45) is -1.20. The van der Waals surface area contributed by atoms with Gasteiger partial charge in [0, 0.05) is 11.6 Å². The summed E-state index contributed by atoms with van der Waals surface area (Å²) in [6.45, 7) is 0. The molecule has 1 atom stereocenters. The first-order chi connectivity index (χ1) is 7.08. The number of nitrogens with zero attached hydrogens (tertiary/aromatic N) is 1. The van der Waals surface area contributed by atoms with Crippen molar-refractivity contribution in [1.29, 1.82) is 0 Å². The molecular formula is C9H6F2N2O2. The van der Waals surface area contributed by atoms with Crippen molar-refractivity contribution in [3.05, 3.63) is 35.4 Å². The third-order valence-corrected chi connectivity index (χ3v) is 1.93. The van der Waals surface area contributed by atoms with Crippen LogP contribution in [0.4, 0.5) is 8.78 Å². The van der Waals surface area contributed by atoms with Gasteiger partial charge in [0.25, 0.3) is 11.9 Å². The van der Waals surface area contributed by atoms with Gasteiger partial charge >= 0.3 is 0 Å². The molecule has 0 saturated heterocycles. The number of ether oxygens (including phenoxy) is 1. The zero-order valence-electron chi connectivity index (χ0n) is 7.41. The molecule has 0 saturated carbocycles. The topological polar surface area (TPSA) is 64.7 Å².